The molecule has 0 unspecified atom stereocenters. The van der Waals surface area contributed by atoms with Crippen LogP contribution in [0.5, 0.6) is 0 Å². The van der Waals surface area contributed by atoms with Crippen molar-refractivity contribution in [2.75, 3.05) is 11.7 Å². The van der Waals surface area contributed by atoms with Crippen LogP contribution in [-0.2, 0) is 16.5 Å². The van der Waals surface area contributed by atoms with Crippen LogP contribution in [0.2, 0.25) is 0 Å². The van der Waals surface area contributed by atoms with Gasteiger partial charge < -0.3 is 11.7 Å². The number of nitrogens with two attached hydrogens (primary N) is 2. The molecule has 0 radical (unpaired) electrons. The van der Waals surface area contributed by atoms with Crippen LogP contribution in [0.1, 0.15) is 22.8 Å². The van der Waals surface area contributed by atoms with Gasteiger partial charge in [0.1, 0.15) is 0 Å². The van der Waals surface area contributed by atoms with Crippen LogP contribution in [-0.4, -0.2) is 19.3 Å². The van der Waals surface area contributed by atoms with E-state index in [1.54, 1.807) is 9.35 Å². The minimum atomic E-state index is 0. The van der Waals surface area contributed by atoms with E-state index in [0.29, 0.717) is 0 Å². The van der Waals surface area contributed by atoms with Gasteiger partial charge in [0, 0.05) is 0 Å². The zero-order chi connectivity index (χ0) is 17.7. The van der Waals surface area contributed by atoms with Crippen molar-refractivity contribution in [3.63, 3.8) is 0 Å². The Kier molecular flexibility index (Phi) is 4.09. The number of fused-ring (bicyclic) bond motifs is 8. The summed E-state index contributed by atoms with van der Waals surface area (Å²) in [6.07, 6.45) is 7.84. The standard InChI is InChI=1S/C20H16N6.Ni/c21-25-17-5-6-19(25)11-15-3-4-16(24-15)12-20-8-7-18(26(20)22)10-14-2-1-13(9-17)23-14;/h1-12H,21-22H2;/q;+2. The Morgan fingerprint density at radius 3 is 1.04 bits per heavy atom. The van der Waals surface area contributed by atoms with Crippen molar-refractivity contribution in [3.8, 4) is 0 Å². The molecule has 0 spiro atoms. The van der Waals surface area contributed by atoms with E-state index in [1.807, 2.05) is 72.8 Å². The van der Waals surface area contributed by atoms with E-state index >= 15 is 0 Å². The van der Waals surface area contributed by atoms with Crippen LogP contribution in [0.15, 0.2) is 48.5 Å². The molecule has 7 heteroatoms. The number of hydrogen-bond acceptors (Lipinski definition) is 4. The van der Waals surface area contributed by atoms with Gasteiger partial charge in [0.25, 0.3) is 0 Å². The van der Waals surface area contributed by atoms with Gasteiger partial charge in [-0.15, -0.1) is 0 Å². The average Bonchev–Trinajstić information content (AvgIpc) is 3.39. The number of hydrogen-bond donors (Lipinski definition) is 2. The topological polar surface area (TPSA) is 87.7 Å². The number of rotatable bonds is 0. The monoisotopic (exact) mass is 398 g/mol. The van der Waals surface area contributed by atoms with Gasteiger partial charge >= 0.3 is 16.5 Å². The van der Waals surface area contributed by atoms with E-state index in [4.69, 9.17) is 11.7 Å². The van der Waals surface area contributed by atoms with Gasteiger partial charge in [0.05, 0.1) is 44.8 Å². The van der Waals surface area contributed by atoms with E-state index in [0.717, 1.165) is 44.8 Å². The predicted octanol–water partition coefficient (Wildman–Crippen LogP) is 3.03. The third kappa shape index (κ3) is 3.02. The summed E-state index contributed by atoms with van der Waals surface area (Å²) in [4.78, 5) is 9.24. The van der Waals surface area contributed by atoms with Gasteiger partial charge in [-0.3, -0.25) is 9.35 Å². The molecule has 2 aliphatic rings. The van der Waals surface area contributed by atoms with E-state index < -0.39 is 0 Å². The van der Waals surface area contributed by atoms with Crippen molar-refractivity contribution < 1.29 is 16.5 Å². The van der Waals surface area contributed by atoms with Crippen LogP contribution in [0, 0.1) is 0 Å². The maximum atomic E-state index is 6.23. The maximum Gasteiger partial charge on any atom is 2.00 e. The Bertz CT molecular complexity index is 1080. The minimum absolute atomic E-state index is 0. The molecular formula is C20H16N6Ni+2. The van der Waals surface area contributed by atoms with Gasteiger partial charge in [0.2, 0.25) is 0 Å². The van der Waals surface area contributed by atoms with Gasteiger partial charge in [-0.25, -0.2) is 9.97 Å². The summed E-state index contributed by atoms with van der Waals surface area (Å²) >= 11 is 0. The Labute approximate surface area is 165 Å². The van der Waals surface area contributed by atoms with Crippen LogP contribution in [0.3, 0.4) is 0 Å². The summed E-state index contributed by atoms with van der Waals surface area (Å²) in [6.45, 7) is 0. The summed E-state index contributed by atoms with van der Waals surface area (Å²) in [5.41, 5.74) is 6.86. The molecule has 4 N–H and O–H groups in total. The molecule has 0 aliphatic carbocycles. The van der Waals surface area contributed by atoms with Crippen molar-refractivity contribution in [2.45, 2.75) is 0 Å². The zero-order valence-corrected chi connectivity index (χ0v) is 15.2. The Morgan fingerprint density at radius 1 is 0.519 bits per heavy atom. The van der Waals surface area contributed by atoms with E-state index in [1.165, 1.54) is 0 Å². The van der Waals surface area contributed by atoms with Crippen molar-refractivity contribution in [1.82, 2.24) is 19.3 Å². The van der Waals surface area contributed by atoms with Crippen molar-refractivity contribution in [3.05, 3.63) is 71.3 Å². The first kappa shape index (κ1) is 17.1. The van der Waals surface area contributed by atoms with Crippen molar-refractivity contribution >= 4 is 46.4 Å². The largest absolute Gasteiger partial charge is 2.00 e. The SMILES string of the molecule is Nn1c2ccc1cc1nc(cc3ccc(cc4nc(c2)C=C4)n3N)C=C1.[Ni+2]. The Hall–Kier alpha value is -3.31. The van der Waals surface area contributed by atoms with Gasteiger partial charge in [0.15, 0.2) is 0 Å². The average molecular weight is 399 g/mol. The molecule has 27 heavy (non-hydrogen) atoms. The van der Waals surface area contributed by atoms with Crippen LogP contribution >= 0.6 is 0 Å². The zero-order valence-electron chi connectivity index (χ0n) is 14.2. The molecule has 134 valence electrons. The first-order chi connectivity index (χ1) is 12.7. The molecule has 0 saturated heterocycles. The fourth-order valence-corrected chi connectivity index (χ4v) is 3.15. The van der Waals surface area contributed by atoms with Crippen LogP contribution < -0.4 is 11.7 Å². The second-order valence-corrected chi connectivity index (χ2v) is 6.27. The van der Waals surface area contributed by atoms with E-state index in [-0.39, 0.29) is 16.5 Å². The molecule has 0 aromatic carbocycles. The number of aromatic nitrogens is 4. The molecule has 5 rings (SSSR count). The molecular weight excluding hydrogens is 383 g/mol. The molecule has 2 aliphatic heterocycles. The molecule has 5 heterocycles. The summed E-state index contributed by atoms with van der Waals surface area (Å²) in [7, 11) is 0. The smallest absolute Gasteiger partial charge is 0.339 e. The molecule has 0 atom stereocenters. The molecule has 3 aromatic rings. The molecule has 0 fully saturated rings. The van der Waals surface area contributed by atoms with E-state index in [9.17, 15) is 0 Å². The quantitative estimate of drug-likeness (QED) is 0.310. The number of nitrogen functional groups attached to an aromatic ring is 2. The van der Waals surface area contributed by atoms with Crippen molar-refractivity contribution in [1.29, 1.82) is 0 Å². The molecule has 3 aromatic heterocycles. The molecule has 0 saturated carbocycles. The summed E-state index contributed by atoms with van der Waals surface area (Å²) < 4.78 is 3.27. The Morgan fingerprint density at radius 2 is 0.778 bits per heavy atom. The van der Waals surface area contributed by atoms with Crippen LogP contribution in [0.4, 0.5) is 0 Å². The third-order valence-electron chi connectivity index (χ3n) is 4.51. The van der Waals surface area contributed by atoms with Gasteiger partial charge in [-0.05, 0) is 72.8 Å². The van der Waals surface area contributed by atoms with Crippen molar-refractivity contribution in [2.24, 2.45) is 0 Å². The fraction of sp³-hybridized carbons (Fsp3) is 0. The third-order valence-corrected chi connectivity index (χ3v) is 4.51. The van der Waals surface area contributed by atoms with Gasteiger partial charge in [-0.2, -0.15) is 0 Å². The van der Waals surface area contributed by atoms with Gasteiger partial charge in [-0.1, -0.05) is 0 Å². The fourth-order valence-electron chi connectivity index (χ4n) is 3.15. The minimum Gasteiger partial charge on any atom is -0.339 e. The first-order valence-electron chi connectivity index (χ1n) is 8.26. The maximum absolute atomic E-state index is 6.23. The molecule has 0 amide bonds. The molecule has 8 bridgehead atoms. The molecule has 6 nitrogen and oxygen atoms in total. The van der Waals surface area contributed by atoms with E-state index in [2.05, 4.69) is 9.97 Å². The van der Waals surface area contributed by atoms with Crippen LogP contribution in [0.25, 0.3) is 46.4 Å². The number of nitrogens with zero attached hydrogens (tertiary/aromatic N) is 4. The summed E-state index contributed by atoms with van der Waals surface area (Å²) in [5.74, 6) is 12.5. The first-order valence-corrected chi connectivity index (χ1v) is 8.26. The summed E-state index contributed by atoms with van der Waals surface area (Å²) in [5, 5.41) is 0. The second-order valence-electron chi connectivity index (χ2n) is 6.27. The Balaban J connectivity index is 0.00000180. The summed E-state index contributed by atoms with van der Waals surface area (Å²) in [6, 6.07) is 15.7. The second kappa shape index (κ2) is 6.45. The predicted molar refractivity (Wildman–Crippen MR) is 106 cm³/mol. The normalized spacial score (nSPS) is 12.1.